The molecule has 0 aliphatic heterocycles. The number of sulfonamides is 1. The molecule has 124 valence electrons. The Kier molecular flexibility index (Phi) is 4.46. The van der Waals surface area contributed by atoms with Gasteiger partial charge in [0.1, 0.15) is 0 Å². The van der Waals surface area contributed by atoms with Gasteiger partial charge in [0, 0.05) is 5.69 Å². The third-order valence-corrected chi connectivity index (χ3v) is 5.01. The molecule has 0 saturated heterocycles. The minimum Gasteiger partial charge on any atom is -0.310 e. The van der Waals surface area contributed by atoms with Crippen LogP contribution >= 0.6 is 0 Å². The topological polar surface area (TPSA) is 112 Å². The van der Waals surface area contributed by atoms with Crippen molar-refractivity contribution in [3.63, 3.8) is 0 Å². The van der Waals surface area contributed by atoms with Crippen LogP contribution in [0.4, 0.5) is 5.69 Å². The lowest BCUT2D eigenvalue weighted by Gasteiger charge is -2.17. The summed E-state index contributed by atoms with van der Waals surface area (Å²) in [4.78, 5) is 26.9. The van der Waals surface area contributed by atoms with E-state index in [9.17, 15) is 18.0 Å². The SMILES string of the molecule is Cc1cccc(C(C)C)c1NS(=O)(=O)c1c(C)[nH]c(=O)[nH]c1=O. The van der Waals surface area contributed by atoms with Crippen LogP contribution in [0.1, 0.15) is 36.6 Å². The summed E-state index contributed by atoms with van der Waals surface area (Å²) in [6.07, 6.45) is 0. The molecule has 0 bridgehead atoms. The average molecular weight is 337 g/mol. The second-order valence-corrected chi connectivity index (χ2v) is 7.28. The molecule has 0 unspecified atom stereocenters. The van der Waals surface area contributed by atoms with Crippen molar-refractivity contribution >= 4 is 15.7 Å². The smallest absolute Gasteiger partial charge is 0.310 e. The van der Waals surface area contributed by atoms with E-state index in [4.69, 9.17) is 0 Å². The summed E-state index contributed by atoms with van der Waals surface area (Å²) in [6.45, 7) is 7.05. The summed E-state index contributed by atoms with van der Waals surface area (Å²) in [6, 6.07) is 5.47. The summed E-state index contributed by atoms with van der Waals surface area (Å²) in [5.41, 5.74) is 0.326. The fraction of sp³-hybridized carbons (Fsp3) is 0.333. The van der Waals surface area contributed by atoms with Crippen LogP contribution in [-0.2, 0) is 10.0 Å². The number of aromatic amines is 2. The fourth-order valence-corrected chi connectivity index (χ4v) is 3.81. The van der Waals surface area contributed by atoms with E-state index >= 15 is 0 Å². The molecule has 0 saturated carbocycles. The van der Waals surface area contributed by atoms with Crippen molar-refractivity contribution in [2.24, 2.45) is 0 Å². The number of H-pyrrole nitrogens is 2. The molecule has 0 aliphatic rings. The maximum absolute atomic E-state index is 12.6. The van der Waals surface area contributed by atoms with Gasteiger partial charge in [-0.15, -0.1) is 0 Å². The van der Waals surface area contributed by atoms with Crippen LogP contribution in [-0.4, -0.2) is 18.4 Å². The number of para-hydroxylation sites is 1. The van der Waals surface area contributed by atoms with Gasteiger partial charge in [0.05, 0.1) is 5.69 Å². The molecule has 7 nitrogen and oxygen atoms in total. The highest BCUT2D eigenvalue weighted by Gasteiger charge is 2.24. The van der Waals surface area contributed by atoms with Crippen molar-refractivity contribution in [1.82, 2.24) is 9.97 Å². The summed E-state index contributed by atoms with van der Waals surface area (Å²) in [5, 5.41) is 0. The van der Waals surface area contributed by atoms with E-state index in [-0.39, 0.29) is 11.6 Å². The van der Waals surface area contributed by atoms with Crippen LogP contribution in [0.25, 0.3) is 0 Å². The van der Waals surface area contributed by atoms with Crippen molar-refractivity contribution in [1.29, 1.82) is 0 Å². The second kappa shape index (κ2) is 6.04. The number of aromatic nitrogens is 2. The van der Waals surface area contributed by atoms with Crippen LogP contribution in [0.15, 0.2) is 32.7 Å². The normalized spacial score (nSPS) is 11.7. The fourth-order valence-electron chi connectivity index (χ4n) is 2.41. The third kappa shape index (κ3) is 3.37. The Hall–Kier alpha value is -2.35. The highest BCUT2D eigenvalue weighted by Crippen LogP contribution is 2.29. The molecule has 0 atom stereocenters. The number of aryl methyl sites for hydroxylation is 2. The molecule has 0 amide bonds. The Labute approximate surface area is 133 Å². The maximum Gasteiger partial charge on any atom is 0.325 e. The van der Waals surface area contributed by atoms with Gasteiger partial charge >= 0.3 is 5.69 Å². The minimum atomic E-state index is -4.13. The number of rotatable bonds is 4. The highest BCUT2D eigenvalue weighted by molar-refractivity contribution is 7.92. The van der Waals surface area contributed by atoms with E-state index in [0.717, 1.165) is 11.1 Å². The third-order valence-electron chi connectivity index (χ3n) is 3.51. The van der Waals surface area contributed by atoms with Crippen LogP contribution in [0, 0.1) is 13.8 Å². The molecule has 1 aromatic carbocycles. The van der Waals surface area contributed by atoms with Crippen molar-refractivity contribution < 1.29 is 8.42 Å². The molecule has 1 heterocycles. The first-order valence-corrected chi connectivity index (χ1v) is 8.57. The molecular weight excluding hydrogens is 318 g/mol. The quantitative estimate of drug-likeness (QED) is 0.786. The molecule has 0 aliphatic carbocycles. The maximum atomic E-state index is 12.6. The van der Waals surface area contributed by atoms with Gasteiger partial charge in [-0.25, -0.2) is 13.2 Å². The minimum absolute atomic E-state index is 0.00840. The summed E-state index contributed by atoms with van der Waals surface area (Å²) in [5.74, 6) is 0.0996. The van der Waals surface area contributed by atoms with Crippen molar-refractivity contribution in [2.45, 2.75) is 38.5 Å². The molecule has 23 heavy (non-hydrogen) atoms. The monoisotopic (exact) mass is 337 g/mol. The van der Waals surface area contributed by atoms with E-state index in [2.05, 4.69) is 9.71 Å². The molecular formula is C15H19N3O4S. The largest absolute Gasteiger partial charge is 0.325 e. The predicted molar refractivity (Wildman–Crippen MR) is 88.5 cm³/mol. The first kappa shape index (κ1) is 17.0. The van der Waals surface area contributed by atoms with Gasteiger partial charge < -0.3 is 4.98 Å². The molecule has 8 heteroatoms. The summed E-state index contributed by atoms with van der Waals surface area (Å²) >= 11 is 0. The summed E-state index contributed by atoms with van der Waals surface area (Å²) < 4.78 is 27.7. The van der Waals surface area contributed by atoms with Crippen LogP contribution in [0.5, 0.6) is 0 Å². The molecule has 0 spiro atoms. The zero-order valence-corrected chi connectivity index (χ0v) is 14.2. The van der Waals surface area contributed by atoms with Gasteiger partial charge in [-0.3, -0.25) is 14.5 Å². The van der Waals surface area contributed by atoms with Crippen LogP contribution < -0.4 is 16.0 Å². The molecule has 0 fully saturated rings. The second-order valence-electron chi connectivity index (χ2n) is 5.66. The Morgan fingerprint density at radius 2 is 1.74 bits per heavy atom. The number of anilines is 1. The number of hydrogen-bond donors (Lipinski definition) is 3. The lowest BCUT2D eigenvalue weighted by Crippen LogP contribution is -2.31. The van der Waals surface area contributed by atoms with Crippen LogP contribution in [0.3, 0.4) is 0 Å². The van der Waals surface area contributed by atoms with Gasteiger partial charge in [-0.05, 0) is 30.9 Å². The first-order chi connectivity index (χ1) is 10.6. The number of hydrogen-bond acceptors (Lipinski definition) is 4. The molecule has 2 rings (SSSR count). The van der Waals surface area contributed by atoms with Gasteiger partial charge in [-0.2, -0.15) is 0 Å². The zero-order chi connectivity index (χ0) is 17.4. The molecule has 0 radical (unpaired) electrons. The van der Waals surface area contributed by atoms with E-state index in [0.29, 0.717) is 5.69 Å². The zero-order valence-electron chi connectivity index (χ0n) is 13.4. The summed E-state index contributed by atoms with van der Waals surface area (Å²) in [7, 11) is -4.13. The van der Waals surface area contributed by atoms with E-state index < -0.39 is 26.2 Å². The van der Waals surface area contributed by atoms with Gasteiger partial charge in [0.25, 0.3) is 15.6 Å². The van der Waals surface area contributed by atoms with Gasteiger partial charge in [0.15, 0.2) is 4.90 Å². The number of benzene rings is 1. The van der Waals surface area contributed by atoms with Crippen molar-refractivity contribution in [2.75, 3.05) is 4.72 Å². The molecule has 3 N–H and O–H groups in total. The van der Waals surface area contributed by atoms with Crippen LogP contribution in [0.2, 0.25) is 0 Å². The van der Waals surface area contributed by atoms with Crippen molar-refractivity contribution in [3.05, 3.63) is 55.9 Å². The Bertz CT molecular complexity index is 955. The first-order valence-electron chi connectivity index (χ1n) is 7.09. The van der Waals surface area contributed by atoms with E-state index in [1.807, 2.05) is 31.0 Å². The Balaban J connectivity index is 2.62. The molecule has 1 aromatic heterocycles. The Morgan fingerprint density at radius 3 is 2.30 bits per heavy atom. The Morgan fingerprint density at radius 1 is 1.09 bits per heavy atom. The lowest BCUT2D eigenvalue weighted by molar-refractivity contribution is 0.597. The van der Waals surface area contributed by atoms with Gasteiger partial charge in [-0.1, -0.05) is 32.0 Å². The average Bonchev–Trinajstić information content (AvgIpc) is 2.38. The highest BCUT2D eigenvalue weighted by atomic mass is 32.2. The number of nitrogens with one attached hydrogen (secondary N) is 3. The van der Waals surface area contributed by atoms with Crippen molar-refractivity contribution in [3.8, 4) is 0 Å². The predicted octanol–water partition coefficient (Wildman–Crippen LogP) is 1.60. The lowest BCUT2D eigenvalue weighted by atomic mass is 9.99. The van der Waals surface area contributed by atoms with Gasteiger partial charge in [0.2, 0.25) is 0 Å². The van der Waals surface area contributed by atoms with E-state index in [1.54, 1.807) is 13.0 Å². The standard InChI is InChI=1S/C15H19N3O4S/c1-8(2)11-7-5-6-9(3)12(11)18-23(21,22)13-10(4)16-15(20)17-14(13)19/h5-8,18H,1-4H3,(H2,16,17,19,20). The van der Waals surface area contributed by atoms with E-state index in [1.165, 1.54) is 6.92 Å². The molecule has 2 aromatic rings.